The number of aryl methyl sites for hydroxylation is 1. The van der Waals surface area contributed by atoms with Gasteiger partial charge in [0.05, 0.1) is 58.8 Å². The van der Waals surface area contributed by atoms with Gasteiger partial charge in [-0.3, -0.25) is 24.1 Å². The van der Waals surface area contributed by atoms with E-state index >= 15 is 0 Å². The van der Waals surface area contributed by atoms with E-state index in [1.807, 2.05) is 57.5 Å². The third-order valence-corrected chi connectivity index (χ3v) is 13.2. The number of alkyl halides is 3. The fraction of sp³-hybridized carbons (Fsp3) is 0.460. The Labute approximate surface area is 415 Å². The zero-order valence-corrected chi connectivity index (χ0v) is 41.7. The van der Waals surface area contributed by atoms with E-state index in [2.05, 4.69) is 15.6 Å². The Kier molecular flexibility index (Phi) is 17.8. The van der Waals surface area contributed by atoms with Crippen molar-refractivity contribution < 1.29 is 51.3 Å². The number of hydrogen-bond acceptors (Lipinski definition) is 12. The SMILES string of the molecule is Cc1ncsc1-c1ccc(CNC(=O)[C@@H]2CCCN2C(=O)C(NC(=O)COCCCOCCOCCOc2ccc(N3C(=S)N(c4ccc(C#N)c(C(F)(F)F)c4)C(=O)C3(C)C)cc2)C(C)(C)C)cc1. The minimum atomic E-state index is -4.80. The molecular formula is C50H58F3N7O8S2. The Balaban J connectivity index is 0.841. The first-order valence-corrected chi connectivity index (χ1v) is 24.1. The summed E-state index contributed by atoms with van der Waals surface area (Å²) in [6, 6.07) is 17.8. The molecule has 0 bridgehead atoms. The fourth-order valence-corrected chi connectivity index (χ4v) is 9.43. The minimum Gasteiger partial charge on any atom is -0.491 e. The lowest BCUT2D eigenvalue weighted by molar-refractivity contribution is -0.144. The molecule has 0 saturated carbocycles. The molecule has 3 aromatic carbocycles. The molecule has 2 N–H and O–H groups in total. The lowest BCUT2D eigenvalue weighted by Crippen LogP contribution is -2.58. The molecule has 3 heterocycles. The number of nitriles is 1. The maximum absolute atomic E-state index is 13.9. The average molecular weight is 1010 g/mol. The number of hydrogen-bond donors (Lipinski definition) is 2. The quantitative estimate of drug-likeness (QED) is 0.0620. The molecular weight excluding hydrogens is 948 g/mol. The summed E-state index contributed by atoms with van der Waals surface area (Å²) in [5.41, 5.74) is 1.65. The van der Waals surface area contributed by atoms with Gasteiger partial charge in [0.25, 0.3) is 5.91 Å². The molecule has 15 nitrogen and oxygen atoms in total. The van der Waals surface area contributed by atoms with Crippen LogP contribution in [0.5, 0.6) is 5.75 Å². The second-order valence-corrected chi connectivity index (χ2v) is 19.6. The van der Waals surface area contributed by atoms with E-state index in [1.165, 1.54) is 6.07 Å². The Morgan fingerprint density at radius 1 is 0.943 bits per heavy atom. The summed E-state index contributed by atoms with van der Waals surface area (Å²) < 4.78 is 63.7. The first-order chi connectivity index (χ1) is 33.2. The van der Waals surface area contributed by atoms with Crippen LogP contribution in [0, 0.1) is 23.7 Å². The van der Waals surface area contributed by atoms with Crippen LogP contribution >= 0.6 is 23.6 Å². The highest BCUT2D eigenvalue weighted by Gasteiger charge is 2.51. The number of ether oxygens (including phenoxy) is 4. The summed E-state index contributed by atoms with van der Waals surface area (Å²) in [5.74, 6) is -0.981. The Bertz CT molecular complexity index is 2540. The molecule has 20 heteroatoms. The summed E-state index contributed by atoms with van der Waals surface area (Å²) >= 11 is 7.19. The van der Waals surface area contributed by atoms with E-state index in [0.717, 1.165) is 38.7 Å². The molecule has 4 amide bonds. The first kappa shape index (κ1) is 53.4. The number of amides is 4. The highest BCUT2D eigenvalue weighted by atomic mass is 32.1. The number of nitrogens with one attached hydrogen (secondary N) is 2. The van der Waals surface area contributed by atoms with E-state index in [9.17, 15) is 37.6 Å². The van der Waals surface area contributed by atoms with Gasteiger partial charge in [0.1, 0.15) is 36.6 Å². The van der Waals surface area contributed by atoms with Crippen molar-refractivity contribution >= 4 is 63.7 Å². The molecule has 1 aromatic heterocycles. The smallest absolute Gasteiger partial charge is 0.417 e. The van der Waals surface area contributed by atoms with Crippen molar-refractivity contribution in [1.29, 1.82) is 5.26 Å². The van der Waals surface area contributed by atoms with Crippen molar-refractivity contribution in [2.75, 3.05) is 62.6 Å². The van der Waals surface area contributed by atoms with Crippen LogP contribution in [0.15, 0.2) is 72.2 Å². The van der Waals surface area contributed by atoms with Gasteiger partial charge in [0, 0.05) is 32.0 Å². The summed E-state index contributed by atoms with van der Waals surface area (Å²) in [6.07, 6.45) is -3.07. The second kappa shape index (κ2) is 23.3. The molecule has 70 heavy (non-hydrogen) atoms. The molecule has 4 aromatic rings. The van der Waals surface area contributed by atoms with Gasteiger partial charge in [0.2, 0.25) is 17.7 Å². The van der Waals surface area contributed by atoms with Crippen LogP contribution in [0.2, 0.25) is 0 Å². The standard InChI is InChI=1S/C50H58F3N7O8S2/c1-32-42(70-31-56-32)34-12-10-33(11-13-34)29-55-44(62)40-9-7-20-58(40)45(63)43(48(2,3)4)57-41(61)30-67-22-8-21-65-23-24-66-25-26-68-38-18-16-36(17-19-38)60-47(69)59(46(64)49(60,5)6)37-15-14-35(28-54)39(27-37)50(51,52)53/h10-19,27,31,40,43H,7-9,20-26,29-30H2,1-6H3,(H,55,62)(H,57,61)/t40-,43?/m0/s1. The van der Waals surface area contributed by atoms with Crippen LogP contribution in [0.4, 0.5) is 24.5 Å². The lowest BCUT2D eigenvalue weighted by atomic mass is 9.85. The van der Waals surface area contributed by atoms with E-state index in [-0.39, 0.29) is 49.0 Å². The number of benzene rings is 3. The van der Waals surface area contributed by atoms with Crippen LogP contribution < -0.4 is 25.2 Å². The van der Waals surface area contributed by atoms with E-state index in [4.69, 9.17) is 31.2 Å². The monoisotopic (exact) mass is 1010 g/mol. The summed E-state index contributed by atoms with van der Waals surface area (Å²) in [6.45, 7) is 13.1. The summed E-state index contributed by atoms with van der Waals surface area (Å²) in [5, 5.41) is 15.0. The molecule has 2 atom stereocenters. The highest BCUT2D eigenvalue weighted by Crippen LogP contribution is 2.40. The molecule has 2 fully saturated rings. The molecule has 2 aliphatic rings. The fourth-order valence-electron chi connectivity index (χ4n) is 8.10. The van der Waals surface area contributed by atoms with Crippen molar-refractivity contribution in [2.45, 2.75) is 91.1 Å². The minimum absolute atomic E-state index is 0.0132. The number of thiazole rings is 1. The van der Waals surface area contributed by atoms with Gasteiger partial charge in [-0.2, -0.15) is 18.4 Å². The number of rotatable bonds is 21. The third kappa shape index (κ3) is 13.1. The Morgan fingerprint density at radius 3 is 2.24 bits per heavy atom. The molecule has 0 spiro atoms. The van der Waals surface area contributed by atoms with Crippen LogP contribution in [-0.2, 0) is 46.1 Å². The number of anilines is 2. The van der Waals surface area contributed by atoms with Crippen LogP contribution in [0.3, 0.4) is 0 Å². The maximum Gasteiger partial charge on any atom is 0.417 e. The highest BCUT2D eigenvalue weighted by molar-refractivity contribution is 7.81. The number of halogens is 3. The first-order valence-electron chi connectivity index (χ1n) is 22.9. The van der Waals surface area contributed by atoms with Crippen molar-refractivity contribution in [3.05, 3.63) is 94.6 Å². The lowest BCUT2D eigenvalue weighted by Gasteiger charge is -2.35. The van der Waals surface area contributed by atoms with Gasteiger partial charge < -0.3 is 39.4 Å². The zero-order valence-electron chi connectivity index (χ0n) is 40.0. The van der Waals surface area contributed by atoms with Gasteiger partial charge in [-0.15, -0.1) is 11.3 Å². The number of likely N-dealkylation sites (tertiary alicyclic amines) is 1. The van der Waals surface area contributed by atoms with Gasteiger partial charge in [-0.1, -0.05) is 45.0 Å². The van der Waals surface area contributed by atoms with Gasteiger partial charge >= 0.3 is 6.18 Å². The van der Waals surface area contributed by atoms with Gasteiger partial charge in [0.15, 0.2) is 5.11 Å². The van der Waals surface area contributed by atoms with Crippen LogP contribution in [0.25, 0.3) is 10.4 Å². The number of carbonyl (C=O) groups is 4. The number of nitrogens with zero attached hydrogens (tertiary/aromatic N) is 5. The molecule has 1 unspecified atom stereocenters. The van der Waals surface area contributed by atoms with E-state index in [0.29, 0.717) is 63.6 Å². The van der Waals surface area contributed by atoms with Crippen LogP contribution in [-0.4, -0.2) is 109 Å². The Hall–Kier alpha value is -5.98. The maximum atomic E-state index is 13.9. The molecule has 2 aliphatic heterocycles. The second-order valence-electron chi connectivity index (χ2n) is 18.4. The van der Waals surface area contributed by atoms with E-state index in [1.54, 1.807) is 65.3 Å². The summed E-state index contributed by atoms with van der Waals surface area (Å²) in [7, 11) is 0. The number of carbonyl (C=O) groups excluding carboxylic acids is 4. The number of aromatic nitrogens is 1. The molecule has 6 rings (SSSR count). The zero-order chi connectivity index (χ0) is 50.8. The number of thiocarbonyl (C=S) groups is 1. The molecule has 2 saturated heterocycles. The van der Waals surface area contributed by atoms with Crippen LogP contribution in [0.1, 0.15) is 76.3 Å². The predicted molar refractivity (Wildman–Crippen MR) is 262 cm³/mol. The van der Waals surface area contributed by atoms with Crippen molar-refractivity contribution in [2.24, 2.45) is 5.41 Å². The molecule has 374 valence electrons. The van der Waals surface area contributed by atoms with E-state index < -0.39 is 52.2 Å². The predicted octanol–water partition coefficient (Wildman–Crippen LogP) is 7.58. The normalized spacial score (nSPS) is 16.3. The van der Waals surface area contributed by atoms with Crippen molar-refractivity contribution in [3.63, 3.8) is 0 Å². The topological polar surface area (TPSA) is 176 Å². The van der Waals surface area contributed by atoms with Crippen molar-refractivity contribution in [1.82, 2.24) is 20.5 Å². The largest absolute Gasteiger partial charge is 0.491 e. The molecule has 0 radical (unpaired) electrons. The van der Waals surface area contributed by atoms with Gasteiger partial charge in [-0.05, 0) is 111 Å². The summed E-state index contributed by atoms with van der Waals surface area (Å²) in [4.78, 5) is 63.4. The van der Waals surface area contributed by atoms with Gasteiger partial charge in [-0.25, -0.2) is 4.98 Å². The van der Waals surface area contributed by atoms with Crippen molar-refractivity contribution in [3.8, 4) is 22.3 Å². The Morgan fingerprint density at radius 2 is 1.60 bits per heavy atom. The molecule has 0 aliphatic carbocycles. The third-order valence-electron chi connectivity index (χ3n) is 11.8. The average Bonchev–Trinajstić information content (AvgIpc) is 4.03.